The molecular weight excluding hydrogens is 500 g/mol. The Balaban J connectivity index is 1.39. The summed E-state index contributed by atoms with van der Waals surface area (Å²) in [7, 11) is 0. The van der Waals surface area contributed by atoms with Crippen molar-refractivity contribution >= 4 is 34.3 Å². The van der Waals surface area contributed by atoms with Crippen molar-refractivity contribution < 1.29 is 4.79 Å². The van der Waals surface area contributed by atoms with Crippen LogP contribution in [0.3, 0.4) is 0 Å². The molecule has 0 saturated heterocycles. The van der Waals surface area contributed by atoms with Gasteiger partial charge in [0.05, 0.1) is 28.2 Å². The van der Waals surface area contributed by atoms with Crippen LogP contribution in [0.2, 0.25) is 0 Å². The Bertz CT molecular complexity index is 1690. The fraction of sp³-hybridized carbons (Fsp3) is 0.0606. The number of thioether (sulfide) groups is 1. The van der Waals surface area contributed by atoms with Crippen molar-refractivity contribution in [2.45, 2.75) is 11.9 Å². The van der Waals surface area contributed by atoms with Crippen molar-refractivity contribution in [1.29, 1.82) is 0 Å². The van der Waals surface area contributed by atoms with Crippen molar-refractivity contribution in [3.8, 4) is 33.9 Å². The molecule has 0 aliphatic rings. The minimum Gasteiger partial charge on any atom is -0.337 e. The largest absolute Gasteiger partial charge is 0.337 e. The van der Waals surface area contributed by atoms with Crippen LogP contribution >= 0.6 is 11.8 Å². The van der Waals surface area contributed by atoms with Crippen molar-refractivity contribution in [3.05, 3.63) is 121 Å². The smallest absolute Gasteiger partial charge is 0.234 e. The molecule has 0 fully saturated rings. The number of fused-ring (bicyclic) bond motifs is 1. The van der Waals surface area contributed by atoms with E-state index in [2.05, 4.69) is 40.6 Å². The Hall–Kier alpha value is -4.68. The highest BCUT2D eigenvalue weighted by Gasteiger charge is 2.19. The summed E-state index contributed by atoms with van der Waals surface area (Å²) in [5.74, 6) is 0.857. The second-order valence-electron chi connectivity index (χ2n) is 9.28. The highest BCUT2D eigenvalue weighted by molar-refractivity contribution is 8.00. The summed E-state index contributed by atoms with van der Waals surface area (Å²) in [4.78, 5) is 26.5. The number of rotatable bonds is 7. The van der Waals surface area contributed by atoms with Gasteiger partial charge in [-0.05, 0) is 31.2 Å². The maximum atomic E-state index is 12.8. The fourth-order valence-electron chi connectivity index (χ4n) is 4.47. The number of nitrogens with one attached hydrogen (secondary N) is 2. The third kappa shape index (κ3) is 5.47. The molecule has 1 amide bonds. The lowest BCUT2D eigenvalue weighted by molar-refractivity contribution is -0.113. The van der Waals surface area contributed by atoms with Gasteiger partial charge < -0.3 is 10.3 Å². The monoisotopic (exact) mass is 526 g/mol. The van der Waals surface area contributed by atoms with Gasteiger partial charge in [0.1, 0.15) is 10.9 Å². The maximum absolute atomic E-state index is 12.8. The number of aryl methyl sites for hydroxylation is 1. The van der Waals surface area contributed by atoms with Crippen LogP contribution in [-0.2, 0) is 4.79 Å². The van der Waals surface area contributed by atoms with Crippen LogP contribution in [-0.4, -0.2) is 26.6 Å². The number of hydrogen-bond acceptors (Lipinski definition) is 4. The van der Waals surface area contributed by atoms with E-state index in [1.165, 1.54) is 11.8 Å². The lowest BCUT2D eigenvalue weighted by Crippen LogP contribution is -2.14. The van der Waals surface area contributed by atoms with Crippen LogP contribution in [0.25, 0.3) is 44.8 Å². The number of carbonyl (C=O) groups excluding carboxylic acids is 1. The Kier molecular flexibility index (Phi) is 6.93. The van der Waals surface area contributed by atoms with Crippen molar-refractivity contribution in [2.75, 3.05) is 11.1 Å². The number of benzene rings is 4. The normalized spacial score (nSPS) is 11.0. The zero-order valence-corrected chi connectivity index (χ0v) is 22.2. The van der Waals surface area contributed by atoms with Crippen LogP contribution in [0.15, 0.2) is 120 Å². The molecule has 0 bridgehead atoms. The van der Waals surface area contributed by atoms with E-state index < -0.39 is 0 Å². The first-order valence-corrected chi connectivity index (χ1v) is 13.7. The molecule has 0 aliphatic heterocycles. The topological polar surface area (TPSA) is 70.7 Å². The van der Waals surface area contributed by atoms with Crippen LogP contribution in [0.4, 0.5) is 5.69 Å². The number of imidazole rings is 1. The van der Waals surface area contributed by atoms with Crippen LogP contribution in [0.5, 0.6) is 0 Å². The van der Waals surface area contributed by atoms with Crippen molar-refractivity contribution in [2.24, 2.45) is 0 Å². The van der Waals surface area contributed by atoms with Gasteiger partial charge in [0.2, 0.25) is 5.91 Å². The molecule has 2 aromatic heterocycles. The van der Waals surface area contributed by atoms with Gasteiger partial charge in [0.15, 0.2) is 0 Å². The zero-order chi connectivity index (χ0) is 26.6. The summed E-state index contributed by atoms with van der Waals surface area (Å²) in [5.41, 5.74) is 7.56. The van der Waals surface area contributed by atoms with Gasteiger partial charge in [-0.2, -0.15) is 0 Å². The average molecular weight is 527 g/mol. The summed E-state index contributed by atoms with van der Waals surface area (Å²) in [6.45, 7) is 2.02. The van der Waals surface area contributed by atoms with Crippen LogP contribution < -0.4 is 5.32 Å². The highest BCUT2D eigenvalue weighted by Crippen LogP contribution is 2.37. The van der Waals surface area contributed by atoms with Crippen LogP contribution in [0, 0.1) is 6.92 Å². The number of amides is 1. The molecule has 2 heterocycles. The third-order valence-electron chi connectivity index (χ3n) is 6.43. The highest BCUT2D eigenvalue weighted by atomic mass is 32.2. The molecule has 5 nitrogen and oxygen atoms in total. The van der Waals surface area contributed by atoms with Gasteiger partial charge in [0.25, 0.3) is 0 Å². The van der Waals surface area contributed by atoms with E-state index in [0.717, 1.165) is 55.3 Å². The van der Waals surface area contributed by atoms with Gasteiger partial charge in [-0.1, -0.05) is 108 Å². The van der Waals surface area contributed by atoms with Gasteiger partial charge in [-0.3, -0.25) is 4.79 Å². The van der Waals surface area contributed by atoms with E-state index in [1.54, 1.807) is 0 Å². The number of aromatic amines is 1. The predicted octanol–water partition coefficient (Wildman–Crippen LogP) is 8.00. The molecule has 0 aliphatic carbocycles. The first kappa shape index (κ1) is 24.6. The molecule has 39 heavy (non-hydrogen) atoms. The number of nitrogens with zero attached hydrogens (tertiary/aromatic N) is 2. The fourth-order valence-corrected chi connectivity index (χ4v) is 5.28. The predicted molar refractivity (Wildman–Crippen MR) is 161 cm³/mol. The number of pyridine rings is 1. The van der Waals surface area contributed by atoms with Gasteiger partial charge >= 0.3 is 0 Å². The molecule has 190 valence electrons. The number of para-hydroxylation sites is 1. The van der Waals surface area contributed by atoms with E-state index in [-0.39, 0.29) is 11.7 Å². The standard InChI is InChI=1S/C33H26N4OS/c1-22-16-18-26(19-17-22)34-29(38)21-39-33-27(20-25-14-8-9-15-28(25)35-33)32-36-30(23-10-4-2-5-11-23)31(37-32)24-12-6-3-7-13-24/h2-20H,21H2,1H3,(H,34,38)(H,36,37). The number of aromatic nitrogens is 3. The molecule has 0 saturated carbocycles. The summed E-state index contributed by atoms with van der Waals surface area (Å²) in [5, 5.41) is 4.75. The average Bonchev–Trinajstić information content (AvgIpc) is 3.43. The second-order valence-corrected chi connectivity index (χ2v) is 10.2. The van der Waals surface area contributed by atoms with E-state index in [9.17, 15) is 4.79 Å². The first-order valence-electron chi connectivity index (χ1n) is 12.7. The summed E-state index contributed by atoms with van der Waals surface area (Å²) < 4.78 is 0. The minimum atomic E-state index is -0.0841. The molecule has 0 spiro atoms. The lowest BCUT2D eigenvalue weighted by atomic mass is 10.1. The van der Waals surface area contributed by atoms with Gasteiger partial charge in [0, 0.05) is 22.2 Å². The number of H-pyrrole nitrogens is 1. The van der Waals surface area contributed by atoms with E-state index >= 15 is 0 Å². The molecule has 6 rings (SSSR count). The minimum absolute atomic E-state index is 0.0841. The van der Waals surface area contributed by atoms with Gasteiger partial charge in [-0.25, -0.2) is 9.97 Å². The Morgan fingerprint density at radius 1 is 0.795 bits per heavy atom. The number of carbonyl (C=O) groups is 1. The van der Waals surface area contributed by atoms with Crippen LogP contribution in [0.1, 0.15) is 5.56 Å². The maximum Gasteiger partial charge on any atom is 0.234 e. The Labute approximate surface area is 231 Å². The summed E-state index contributed by atoms with van der Waals surface area (Å²) in [6.07, 6.45) is 0. The van der Waals surface area contributed by atoms with Crippen molar-refractivity contribution in [3.63, 3.8) is 0 Å². The number of hydrogen-bond donors (Lipinski definition) is 2. The molecule has 6 heteroatoms. The Morgan fingerprint density at radius 3 is 2.21 bits per heavy atom. The molecule has 0 atom stereocenters. The van der Waals surface area contributed by atoms with Crippen molar-refractivity contribution in [1.82, 2.24) is 15.0 Å². The SMILES string of the molecule is Cc1ccc(NC(=O)CSc2nc3ccccc3cc2-c2nc(-c3ccccc3)c(-c3ccccc3)[nH]2)cc1. The second kappa shape index (κ2) is 11.0. The third-order valence-corrected chi connectivity index (χ3v) is 7.42. The summed E-state index contributed by atoms with van der Waals surface area (Å²) in [6, 6.07) is 38.3. The molecule has 4 aromatic carbocycles. The van der Waals surface area contributed by atoms with E-state index in [1.807, 2.05) is 91.9 Å². The zero-order valence-electron chi connectivity index (χ0n) is 21.4. The Morgan fingerprint density at radius 2 is 1.46 bits per heavy atom. The van der Waals surface area contributed by atoms with E-state index in [4.69, 9.17) is 9.97 Å². The molecular formula is C33H26N4OS. The molecule has 0 radical (unpaired) electrons. The molecule has 6 aromatic rings. The summed E-state index contributed by atoms with van der Waals surface area (Å²) >= 11 is 1.41. The quantitative estimate of drug-likeness (QED) is 0.207. The number of anilines is 1. The molecule has 0 unspecified atom stereocenters. The first-order chi connectivity index (χ1) is 19.1. The van der Waals surface area contributed by atoms with E-state index in [0.29, 0.717) is 5.82 Å². The van der Waals surface area contributed by atoms with Gasteiger partial charge in [-0.15, -0.1) is 0 Å². The molecule has 2 N–H and O–H groups in total. The lowest BCUT2D eigenvalue weighted by Gasteiger charge is -2.10.